The molecule has 212 valence electrons. The van der Waals surface area contributed by atoms with Gasteiger partial charge in [-0.3, -0.25) is 4.79 Å². The molecule has 0 aliphatic rings. The molecule has 8 nitrogen and oxygen atoms in total. The van der Waals surface area contributed by atoms with Gasteiger partial charge in [-0.25, -0.2) is 4.79 Å². The first-order valence-electron chi connectivity index (χ1n) is 12.5. The molecule has 2 atom stereocenters. The van der Waals surface area contributed by atoms with E-state index in [0.29, 0.717) is 12.0 Å². The smallest absolute Gasteiger partial charge is 0.445 e. The Labute approximate surface area is 230 Å². The van der Waals surface area contributed by atoms with Gasteiger partial charge in [0.1, 0.15) is 24.7 Å². The molecule has 2 N–H and O–H groups in total. The van der Waals surface area contributed by atoms with Crippen LogP contribution in [0.25, 0.3) is 0 Å². The fraction of sp³-hybridized carbons (Fsp3) is 0.276. The zero-order valence-electron chi connectivity index (χ0n) is 21.8. The average Bonchev–Trinajstić information content (AvgIpc) is 2.93. The number of halogens is 3. The minimum absolute atomic E-state index is 0.00309. The number of carbonyl (C=O) groups excluding carboxylic acids is 3. The predicted molar refractivity (Wildman–Crippen MR) is 143 cm³/mol. The lowest BCUT2D eigenvalue weighted by atomic mass is 10.1. The first-order chi connectivity index (χ1) is 19.1. The van der Waals surface area contributed by atoms with E-state index >= 15 is 0 Å². The number of benzene rings is 3. The van der Waals surface area contributed by atoms with Gasteiger partial charge in [0.15, 0.2) is 0 Å². The van der Waals surface area contributed by atoms with Crippen molar-refractivity contribution in [1.82, 2.24) is 10.2 Å². The lowest BCUT2D eigenvalue weighted by Crippen LogP contribution is -2.51. The summed E-state index contributed by atoms with van der Waals surface area (Å²) in [4.78, 5) is 38.8. The third-order valence-electron chi connectivity index (χ3n) is 5.77. The van der Waals surface area contributed by atoms with E-state index in [2.05, 4.69) is 15.4 Å². The number of alkyl halides is 3. The lowest BCUT2D eigenvalue weighted by Gasteiger charge is -2.31. The van der Waals surface area contributed by atoms with E-state index in [1.807, 2.05) is 24.3 Å². The Bertz CT molecular complexity index is 1230. The highest BCUT2D eigenvalue weighted by Gasteiger charge is 2.31. The number of hydrogen-bond acceptors (Lipinski definition) is 6. The number of hydrogen-bond donors (Lipinski definition) is 2. The standard InChI is InChI=1S/C29H30F3N3O5/c1-21(17-33-24-12-14-26(15-13-24)40-29(30,31)32)35(28(38)39-20-23-10-6-3-7-11-23)18-25(19-36)34-27(37)16-22-8-4-2-5-9-22/h2-15,19,21,25,33H,16-18,20H2,1H3,(H,34,37)/t21-,25-/m0/s1. The third-order valence-corrected chi connectivity index (χ3v) is 5.77. The summed E-state index contributed by atoms with van der Waals surface area (Å²) in [5.74, 6) is -0.745. The molecule has 0 saturated carbocycles. The van der Waals surface area contributed by atoms with Crippen LogP contribution in [0.2, 0.25) is 0 Å². The van der Waals surface area contributed by atoms with Crippen molar-refractivity contribution in [2.45, 2.75) is 38.4 Å². The van der Waals surface area contributed by atoms with E-state index < -0.39 is 24.5 Å². The number of anilines is 1. The number of amides is 2. The molecule has 0 saturated heterocycles. The van der Waals surface area contributed by atoms with Crippen LogP contribution in [0.3, 0.4) is 0 Å². The molecular formula is C29H30F3N3O5. The van der Waals surface area contributed by atoms with Crippen LogP contribution in [0.5, 0.6) is 5.75 Å². The van der Waals surface area contributed by atoms with Gasteiger partial charge < -0.3 is 29.8 Å². The van der Waals surface area contributed by atoms with Gasteiger partial charge in [-0.2, -0.15) is 0 Å². The van der Waals surface area contributed by atoms with Crippen LogP contribution in [-0.2, 0) is 27.4 Å². The second kappa shape index (κ2) is 14.6. The molecule has 0 radical (unpaired) electrons. The molecule has 0 spiro atoms. The van der Waals surface area contributed by atoms with E-state index in [1.54, 1.807) is 43.3 Å². The number of nitrogens with one attached hydrogen (secondary N) is 2. The maximum Gasteiger partial charge on any atom is 0.573 e. The first-order valence-corrected chi connectivity index (χ1v) is 12.5. The van der Waals surface area contributed by atoms with Gasteiger partial charge in [0.2, 0.25) is 5.91 Å². The summed E-state index contributed by atoms with van der Waals surface area (Å²) in [6.45, 7) is 1.73. The largest absolute Gasteiger partial charge is 0.573 e. The highest BCUT2D eigenvalue weighted by Crippen LogP contribution is 2.24. The summed E-state index contributed by atoms with van der Waals surface area (Å²) in [5, 5.41) is 5.69. The van der Waals surface area contributed by atoms with Crippen molar-refractivity contribution in [2.24, 2.45) is 0 Å². The van der Waals surface area contributed by atoms with Crippen LogP contribution in [0.4, 0.5) is 23.7 Å². The summed E-state index contributed by atoms with van der Waals surface area (Å²) in [5.41, 5.74) is 2.03. The van der Waals surface area contributed by atoms with Gasteiger partial charge >= 0.3 is 12.5 Å². The van der Waals surface area contributed by atoms with E-state index in [0.717, 1.165) is 23.3 Å². The maximum absolute atomic E-state index is 13.1. The summed E-state index contributed by atoms with van der Waals surface area (Å²) in [7, 11) is 0. The summed E-state index contributed by atoms with van der Waals surface area (Å²) in [6.07, 6.45) is -4.87. The van der Waals surface area contributed by atoms with Gasteiger partial charge in [-0.05, 0) is 42.3 Å². The molecular weight excluding hydrogens is 527 g/mol. The Morgan fingerprint density at radius 1 is 0.925 bits per heavy atom. The molecule has 0 unspecified atom stereocenters. The number of aldehydes is 1. The first kappa shape index (κ1) is 30.0. The van der Waals surface area contributed by atoms with Crippen molar-refractivity contribution in [3.05, 3.63) is 96.1 Å². The summed E-state index contributed by atoms with van der Waals surface area (Å²) in [6, 6.07) is 21.7. The molecule has 40 heavy (non-hydrogen) atoms. The Morgan fingerprint density at radius 2 is 1.52 bits per heavy atom. The van der Waals surface area contributed by atoms with Crippen molar-refractivity contribution >= 4 is 24.0 Å². The van der Waals surface area contributed by atoms with E-state index in [9.17, 15) is 27.6 Å². The molecule has 3 aromatic rings. The zero-order valence-corrected chi connectivity index (χ0v) is 21.8. The van der Waals surface area contributed by atoms with E-state index in [4.69, 9.17) is 4.74 Å². The third kappa shape index (κ3) is 10.3. The number of rotatable bonds is 13. The van der Waals surface area contributed by atoms with Gasteiger partial charge in [0.05, 0.1) is 13.0 Å². The molecule has 2 amide bonds. The maximum atomic E-state index is 13.1. The van der Waals surface area contributed by atoms with Crippen molar-refractivity contribution < 1.29 is 37.0 Å². The normalized spacial score (nSPS) is 12.5. The minimum atomic E-state index is -4.80. The SMILES string of the molecule is C[C@@H](CNc1ccc(OC(F)(F)F)cc1)N(C[C@@H](C=O)NC(=O)Cc1ccccc1)C(=O)OCc1ccccc1. The van der Waals surface area contributed by atoms with Crippen molar-refractivity contribution in [3.8, 4) is 5.75 Å². The monoisotopic (exact) mass is 557 g/mol. The van der Waals surface area contributed by atoms with Gasteiger partial charge in [0, 0.05) is 18.3 Å². The van der Waals surface area contributed by atoms with Crippen molar-refractivity contribution in [2.75, 3.05) is 18.4 Å². The fourth-order valence-corrected chi connectivity index (χ4v) is 3.76. The summed E-state index contributed by atoms with van der Waals surface area (Å²) < 4.78 is 46.6. The van der Waals surface area contributed by atoms with Gasteiger partial charge in [-0.1, -0.05) is 60.7 Å². The highest BCUT2D eigenvalue weighted by molar-refractivity contribution is 5.82. The number of carbonyl (C=O) groups is 3. The van der Waals surface area contributed by atoms with Crippen molar-refractivity contribution in [1.29, 1.82) is 0 Å². The topological polar surface area (TPSA) is 97.0 Å². The van der Waals surface area contributed by atoms with Crippen LogP contribution in [0.1, 0.15) is 18.1 Å². The zero-order chi connectivity index (χ0) is 29.0. The van der Waals surface area contributed by atoms with Crippen molar-refractivity contribution in [3.63, 3.8) is 0 Å². The van der Waals surface area contributed by atoms with Crippen LogP contribution >= 0.6 is 0 Å². The molecule has 0 aliphatic carbocycles. The molecule has 0 bridgehead atoms. The highest BCUT2D eigenvalue weighted by atomic mass is 19.4. The molecule has 3 rings (SSSR count). The summed E-state index contributed by atoms with van der Waals surface area (Å²) >= 11 is 0. The second-order valence-corrected chi connectivity index (χ2v) is 8.97. The molecule has 0 fully saturated rings. The van der Waals surface area contributed by atoms with Gasteiger partial charge in [-0.15, -0.1) is 13.2 Å². The lowest BCUT2D eigenvalue weighted by molar-refractivity contribution is -0.274. The van der Waals surface area contributed by atoms with E-state index in [1.165, 1.54) is 17.0 Å². The molecule has 0 aromatic heterocycles. The second-order valence-electron chi connectivity index (χ2n) is 8.97. The molecule has 0 heterocycles. The quantitative estimate of drug-likeness (QED) is 0.289. The van der Waals surface area contributed by atoms with Gasteiger partial charge in [0.25, 0.3) is 0 Å². The molecule has 0 aliphatic heterocycles. The fourth-order valence-electron chi connectivity index (χ4n) is 3.76. The Morgan fingerprint density at radius 3 is 2.10 bits per heavy atom. The molecule has 3 aromatic carbocycles. The van der Waals surface area contributed by atoms with Crippen LogP contribution in [0, 0.1) is 0 Å². The van der Waals surface area contributed by atoms with Crippen LogP contribution in [-0.4, -0.2) is 54.7 Å². The Balaban J connectivity index is 1.65. The average molecular weight is 558 g/mol. The number of ether oxygens (including phenoxy) is 2. The Kier molecular flexibility index (Phi) is 10.9. The van der Waals surface area contributed by atoms with E-state index in [-0.39, 0.29) is 37.8 Å². The predicted octanol–water partition coefficient (Wildman–Crippen LogP) is 4.95. The Hall–Kier alpha value is -4.54. The van der Waals surface area contributed by atoms with Crippen LogP contribution < -0.4 is 15.4 Å². The molecule has 11 heteroatoms. The number of nitrogens with zero attached hydrogens (tertiary/aromatic N) is 1. The van der Waals surface area contributed by atoms with Crippen LogP contribution in [0.15, 0.2) is 84.9 Å². The minimum Gasteiger partial charge on any atom is -0.445 e.